The third-order valence-electron chi connectivity index (χ3n) is 3.29. The van der Waals surface area contributed by atoms with Crippen LogP contribution in [0, 0.1) is 5.82 Å². The molecule has 0 aliphatic rings. The first-order valence-corrected chi connectivity index (χ1v) is 6.99. The minimum Gasteiger partial charge on any atom is -0.366 e. The highest BCUT2D eigenvalue weighted by atomic mass is 79.9. The first-order valence-electron chi connectivity index (χ1n) is 6.20. The summed E-state index contributed by atoms with van der Waals surface area (Å²) >= 11 is 3.46. The molecule has 2 N–H and O–H groups in total. The van der Waals surface area contributed by atoms with E-state index in [0.717, 1.165) is 15.2 Å². The van der Waals surface area contributed by atoms with Crippen molar-refractivity contribution in [3.05, 3.63) is 64.6 Å². The summed E-state index contributed by atoms with van der Waals surface area (Å²) in [6.07, 6.45) is 3.32. The van der Waals surface area contributed by atoms with E-state index in [1.807, 2.05) is 18.2 Å². The van der Waals surface area contributed by atoms with Crippen molar-refractivity contribution in [2.24, 2.45) is 5.73 Å². The van der Waals surface area contributed by atoms with Gasteiger partial charge in [0.2, 0.25) is 5.91 Å². The Labute approximate surface area is 128 Å². The number of hydrogen-bond acceptors (Lipinski definition) is 2. The highest BCUT2D eigenvalue weighted by Crippen LogP contribution is 2.33. The lowest BCUT2D eigenvalue weighted by atomic mass is 9.96. The highest BCUT2D eigenvalue weighted by molar-refractivity contribution is 9.10. The SMILES string of the molecule is NC(=O)c1ccc(F)cc1-c1cncc2c(Br)cccc12. The van der Waals surface area contributed by atoms with Crippen molar-refractivity contribution in [1.29, 1.82) is 0 Å². The molecule has 21 heavy (non-hydrogen) atoms. The molecule has 0 saturated carbocycles. The fraction of sp³-hybridized carbons (Fsp3) is 0. The van der Waals surface area contributed by atoms with Gasteiger partial charge in [-0.05, 0) is 35.2 Å². The summed E-state index contributed by atoms with van der Waals surface area (Å²) in [5.74, 6) is -1.03. The summed E-state index contributed by atoms with van der Waals surface area (Å²) in [6, 6.07) is 9.58. The Balaban J connectivity index is 2.38. The molecule has 0 radical (unpaired) electrons. The van der Waals surface area contributed by atoms with E-state index in [9.17, 15) is 9.18 Å². The van der Waals surface area contributed by atoms with Crippen molar-refractivity contribution in [2.75, 3.05) is 0 Å². The van der Waals surface area contributed by atoms with Gasteiger partial charge in [0, 0.05) is 33.4 Å². The van der Waals surface area contributed by atoms with Gasteiger partial charge >= 0.3 is 0 Å². The second-order valence-electron chi connectivity index (χ2n) is 4.58. The van der Waals surface area contributed by atoms with Gasteiger partial charge in [-0.25, -0.2) is 4.39 Å². The fourth-order valence-corrected chi connectivity index (χ4v) is 2.80. The Hall–Kier alpha value is -2.27. The van der Waals surface area contributed by atoms with Gasteiger partial charge in [-0.2, -0.15) is 0 Å². The molecule has 0 bridgehead atoms. The predicted molar refractivity (Wildman–Crippen MR) is 83.4 cm³/mol. The van der Waals surface area contributed by atoms with Crippen LogP contribution >= 0.6 is 15.9 Å². The van der Waals surface area contributed by atoms with Gasteiger partial charge < -0.3 is 5.73 Å². The van der Waals surface area contributed by atoms with Crippen LogP contribution in [0.1, 0.15) is 10.4 Å². The third kappa shape index (κ3) is 2.40. The maximum atomic E-state index is 13.6. The molecule has 0 aliphatic heterocycles. The van der Waals surface area contributed by atoms with Crippen molar-refractivity contribution in [2.45, 2.75) is 0 Å². The van der Waals surface area contributed by atoms with E-state index in [1.165, 1.54) is 18.2 Å². The van der Waals surface area contributed by atoms with Crippen LogP contribution in [0.25, 0.3) is 21.9 Å². The topological polar surface area (TPSA) is 56.0 Å². The van der Waals surface area contributed by atoms with Gasteiger partial charge in [-0.3, -0.25) is 9.78 Å². The number of hydrogen-bond donors (Lipinski definition) is 1. The van der Waals surface area contributed by atoms with Gasteiger partial charge in [0.25, 0.3) is 0 Å². The van der Waals surface area contributed by atoms with Crippen LogP contribution in [0.2, 0.25) is 0 Å². The summed E-state index contributed by atoms with van der Waals surface area (Å²) in [5, 5.41) is 1.75. The van der Waals surface area contributed by atoms with Crippen molar-refractivity contribution in [1.82, 2.24) is 4.98 Å². The molecule has 1 heterocycles. The Bertz CT molecular complexity index is 864. The quantitative estimate of drug-likeness (QED) is 0.766. The van der Waals surface area contributed by atoms with E-state index in [2.05, 4.69) is 20.9 Å². The number of halogens is 2. The van der Waals surface area contributed by atoms with Crippen LogP contribution < -0.4 is 5.73 Å². The minimum atomic E-state index is -0.600. The van der Waals surface area contributed by atoms with Crippen molar-refractivity contribution in [3.63, 3.8) is 0 Å². The minimum absolute atomic E-state index is 0.269. The lowest BCUT2D eigenvalue weighted by molar-refractivity contribution is 0.100. The van der Waals surface area contributed by atoms with Crippen molar-refractivity contribution in [3.8, 4) is 11.1 Å². The van der Waals surface area contributed by atoms with E-state index in [1.54, 1.807) is 12.4 Å². The molecule has 5 heteroatoms. The van der Waals surface area contributed by atoms with Crippen molar-refractivity contribution < 1.29 is 9.18 Å². The van der Waals surface area contributed by atoms with Gasteiger partial charge in [0.05, 0.1) is 0 Å². The molecule has 1 aromatic heterocycles. The first kappa shape index (κ1) is 13.7. The summed E-state index contributed by atoms with van der Waals surface area (Å²) in [6.45, 7) is 0. The average molecular weight is 345 g/mol. The molecule has 0 atom stereocenters. The molecule has 3 rings (SSSR count). The number of primary amides is 1. The fourth-order valence-electron chi connectivity index (χ4n) is 2.33. The standard InChI is InChI=1S/C16H10BrFN2O/c17-15-3-1-2-10-13(7-20-8-14(10)15)12-6-9(18)4-5-11(12)16(19)21/h1-8H,(H2,19,21). The first-order chi connectivity index (χ1) is 10.1. The Kier molecular flexibility index (Phi) is 3.43. The molecule has 3 nitrogen and oxygen atoms in total. The van der Waals surface area contributed by atoms with Crippen LogP contribution in [0.5, 0.6) is 0 Å². The monoisotopic (exact) mass is 344 g/mol. The number of nitrogens with zero attached hydrogens (tertiary/aromatic N) is 1. The number of rotatable bonds is 2. The van der Waals surface area contributed by atoms with Crippen LogP contribution in [-0.2, 0) is 0 Å². The van der Waals surface area contributed by atoms with Crippen LogP contribution in [0.4, 0.5) is 4.39 Å². The summed E-state index contributed by atoms with van der Waals surface area (Å²) in [4.78, 5) is 15.8. The summed E-state index contributed by atoms with van der Waals surface area (Å²) in [7, 11) is 0. The largest absolute Gasteiger partial charge is 0.366 e. The molecule has 0 spiro atoms. The zero-order valence-corrected chi connectivity index (χ0v) is 12.4. The molecule has 0 aliphatic carbocycles. The van der Waals surface area contributed by atoms with E-state index in [4.69, 9.17) is 5.73 Å². The zero-order chi connectivity index (χ0) is 15.0. The predicted octanol–water partition coefficient (Wildman–Crippen LogP) is 3.90. The molecule has 1 amide bonds. The number of carbonyl (C=O) groups excluding carboxylic acids is 1. The van der Waals surface area contributed by atoms with Crippen LogP contribution in [0.15, 0.2) is 53.3 Å². The van der Waals surface area contributed by atoms with Gasteiger partial charge in [0.15, 0.2) is 0 Å². The molecular formula is C16H10BrFN2O. The van der Waals surface area contributed by atoms with E-state index >= 15 is 0 Å². The normalized spacial score (nSPS) is 10.8. The molecule has 0 unspecified atom stereocenters. The lowest BCUT2D eigenvalue weighted by Crippen LogP contribution is -2.12. The number of fused-ring (bicyclic) bond motifs is 1. The van der Waals surface area contributed by atoms with Gasteiger partial charge in [-0.15, -0.1) is 0 Å². The second-order valence-corrected chi connectivity index (χ2v) is 5.43. The van der Waals surface area contributed by atoms with Crippen LogP contribution in [-0.4, -0.2) is 10.9 Å². The number of nitrogens with two attached hydrogens (primary N) is 1. The smallest absolute Gasteiger partial charge is 0.249 e. The summed E-state index contributed by atoms with van der Waals surface area (Å²) < 4.78 is 14.5. The van der Waals surface area contributed by atoms with Gasteiger partial charge in [-0.1, -0.05) is 28.1 Å². The zero-order valence-electron chi connectivity index (χ0n) is 10.8. The van der Waals surface area contributed by atoms with E-state index in [-0.39, 0.29) is 5.56 Å². The number of aromatic nitrogens is 1. The third-order valence-corrected chi connectivity index (χ3v) is 3.98. The molecule has 3 aromatic rings. The molecule has 0 fully saturated rings. The molecular weight excluding hydrogens is 335 g/mol. The summed E-state index contributed by atoms with van der Waals surface area (Å²) in [5.41, 5.74) is 6.77. The van der Waals surface area contributed by atoms with E-state index in [0.29, 0.717) is 11.1 Å². The molecule has 2 aromatic carbocycles. The number of benzene rings is 2. The molecule has 0 saturated heterocycles. The Morgan fingerprint density at radius 3 is 2.67 bits per heavy atom. The van der Waals surface area contributed by atoms with Gasteiger partial charge in [0.1, 0.15) is 5.82 Å². The Morgan fingerprint density at radius 1 is 1.10 bits per heavy atom. The Morgan fingerprint density at radius 2 is 1.90 bits per heavy atom. The number of pyridine rings is 1. The molecule has 104 valence electrons. The number of amides is 1. The lowest BCUT2D eigenvalue weighted by Gasteiger charge is -2.10. The second kappa shape index (κ2) is 5.26. The average Bonchev–Trinajstić information content (AvgIpc) is 2.47. The van der Waals surface area contributed by atoms with Crippen molar-refractivity contribution >= 4 is 32.6 Å². The van der Waals surface area contributed by atoms with E-state index < -0.39 is 11.7 Å². The maximum absolute atomic E-state index is 13.6. The maximum Gasteiger partial charge on any atom is 0.249 e. The highest BCUT2D eigenvalue weighted by Gasteiger charge is 2.14. The van der Waals surface area contributed by atoms with Crippen LogP contribution in [0.3, 0.4) is 0 Å². The number of carbonyl (C=O) groups is 1.